The fourth-order valence-electron chi connectivity index (χ4n) is 3.34. The van der Waals surface area contributed by atoms with E-state index in [1.54, 1.807) is 18.2 Å². The quantitative estimate of drug-likeness (QED) is 0.399. The van der Waals surface area contributed by atoms with Crippen molar-refractivity contribution in [1.29, 1.82) is 0 Å². The highest BCUT2D eigenvalue weighted by atomic mass is 32.2. The molecule has 0 spiro atoms. The summed E-state index contributed by atoms with van der Waals surface area (Å²) in [5.74, 6) is -1.40. The number of carboxylic acid groups (broad SMARTS) is 1. The minimum absolute atomic E-state index is 0.00827. The average molecular weight is 508 g/mol. The van der Waals surface area contributed by atoms with Crippen LogP contribution in [0.3, 0.4) is 0 Å². The Morgan fingerprint density at radius 2 is 2.18 bits per heavy atom. The zero-order chi connectivity index (χ0) is 24.2. The lowest BCUT2D eigenvalue weighted by molar-refractivity contribution is -0.136. The molecule has 0 aliphatic carbocycles. The Balaban J connectivity index is 1.67. The van der Waals surface area contributed by atoms with E-state index in [0.29, 0.717) is 33.2 Å². The van der Waals surface area contributed by atoms with Gasteiger partial charge < -0.3 is 24.3 Å². The maximum absolute atomic E-state index is 15.4. The van der Waals surface area contributed by atoms with Gasteiger partial charge in [0.1, 0.15) is 22.4 Å². The van der Waals surface area contributed by atoms with Crippen LogP contribution in [0.5, 0.6) is 17.2 Å². The molecule has 0 radical (unpaired) electrons. The molecule has 0 saturated carbocycles. The summed E-state index contributed by atoms with van der Waals surface area (Å²) in [6.45, 7) is 0.779. The van der Waals surface area contributed by atoms with Crippen LogP contribution in [0.4, 0.5) is 4.39 Å². The molecule has 34 heavy (non-hydrogen) atoms. The second-order valence-corrected chi connectivity index (χ2v) is 9.99. The highest BCUT2D eigenvalue weighted by Gasteiger charge is 2.26. The van der Waals surface area contributed by atoms with Gasteiger partial charge in [0, 0.05) is 24.0 Å². The van der Waals surface area contributed by atoms with Crippen LogP contribution in [0.2, 0.25) is 0 Å². The second kappa shape index (κ2) is 10.5. The molecule has 0 saturated heterocycles. The molecule has 2 atom stereocenters. The van der Waals surface area contributed by atoms with Gasteiger partial charge in [-0.15, -0.1) is 0 Å². The average Bonchev–Trinajstić information content (AvgIpc) is 3.43. The Bertz CT molecular complexity index is 1260. The van der Waals surface area contributed by atoms with E-state index in [2.05, 4.69) is 15.0 Å². The molecule has 0 amide bonds. The largest absolute Gasteiger partial charge is 0.486 e. The van der Waals surface area contributed by atoms with E-state index in [4.69, 9.17) is 19.3 Å². The van der Waals surface area contributed by atoms with Crippen LogP contribution < -0.4 is 9.47 Å². The zero-order valence-corrected chi connectivity index (χ0v) is 20.0. The minimum atomic E-state index is -1.24. The zero-order valence-electron chi connectivity index (χ0n) is 18.4. The van der Waals surface area contributed by atoms with Gasteiger partial charge >= 0.3 is 5.97 Å². The van der Waals surface area contributed by atoms with Gasteiger partial charge in [0.05, 0.1) is 47.8 Å². The number of benzene rings is 1. The monoisotopic (exact) mass is 507 g/mol. The van der Waals surface area contributed by atoms with Crippen molar-refractivity contribution in [3.05, 3.63) is 42.0 Å². The number of thioether (sulfide) groups is 1. The predicted molar refractivity (Wildman–Crippen MR) is 127 cm³/mol. The number of aromatic amines is 1. The summed E-state index contributed by atoms with van der Waals surface area (Å²) >= 11 is 1.37. The number of rotatable bonds is 10. The number of carbonyl (C=O) groups is 1. The van der Waals surface area contributed by atoms with E-state index in [-0.39, 0.29) is 42.1 Å². The highest BCUT2D eigenvalue weighted by Crippen LogP contribution is 2.39. The summed E-state index contributed by atoms with van der Waals surface area (Å²) in [4.78, 5) is 22.7. The van der Waals surface area contributed by atoms with Gasteiger partial charge in [-0.3, -0.25) is 14.0 Å². The van der Waals surface area contributed by atoms with E-state index >= 15 is 4.39 Å². The molecule has 3 heterocycles. The van der Waals surface area contributed by atoms with E-state index in [9.17, 15) is 9.00 Å². The van der Waals surface area contributed by atoms with Crippen molar-refractivity contribution in [1.82, 2.24) is 9.97 Å². The number of pyridine rings is 1. The van der Waals surface area contributed by atoms with Crippen molar-refractivity contribution in [2.24, 2.45) is 4.99 Å². The van der Waals surface area contributed by atoms with Crippen molar-refractivity contribution >= 4 is 44.5 Å². The number of hydrogen-bond donors (Lipinski definition) is 2. The number of halogens is 1. The second-order valence-electron chi connectivity index (χ2n) is 7.38. The highest BCUT2D eigenvalue weighted by molar-refractivity contribution is 8.15. The van der Waals surface area contributed by atoms with Gasteiger partial charge in [0.15, 0.2) is 11.5 Å². The first kappa shape index (κ1) is 24.2. The number of fused-ring (bicyclic) bond motifs is 1. The maximum Gasteiger partial charge on any atom is 0.304 e. The third kappa shape index (κ3) is 5.40. The Hall–Kier alpha value is -2.96. The Kier molecular flexibility index (Phi) is 7.49. The Labute approximate surface area is 201 Å². The maximum atomic E-state index is 15.4. The van der Waals surface area contributed by atoms with Gasteiger partial charge in [-0.2, -0.15) is 4.39 Å². The van der Waals surface area contributed by atoms with Gasteiger partial charge in [-0.25, -0.2) is 4.98 Å². The number of aliphatic imine (C=N–C) groups is 1. The standard InChI is InChI=1S/C22H22FN3O6S2/c1-30-5-6-31-21-19(23)16(32-13-3-4-17(24-10-13)34(2)29)8-12-7-15(26-20(12)21)22-25-11-14(33-22)9-18(27)28/h3-4,7-8,10,14,26H,5-6,9,11H2,1-2H3,(H,27,28). The van der Waals surface area contributed by atoms with Crippen LogP contribution in [0, 0.1) is 5.82 Å². The lowest BCUT2D eigenvalue weighted by atomic mass is 10.2. The number of methoxy groups -OCH3 is 1. The summed E-state index contributed by atoms with van der Waals surface area (Å²) < 4.78 is 43.4. The minimum Gasteiger partial charge on any atom is -0.486 e. The molecule has 0 bridgehead atoms. The summed E-state index contributed by atoms with van der Waals surface area (Å²) in [6, 6.07) is 6.44. The molecular weight excluding hydrogens is 485 g/mol. The van der Waals surface area contributed by atoms with Crippen molar-refractivity contribution in [3.8, 4) is 17.2 Å². The van der Waals surface area contributed by atoms with Gasteiger partial charge in [-0.1, -0.05) is 11.8 Å². The van der Waals surface area contributed by atoms with Crippen LogP contribution in [-0.4, -0.2) is 68.7 Å². The molecule has 12 heteroatoms. The molecule has 3 aromatic rings. The molecule has 2 unspecified atom stereocenters. The molecule has 2 aromatic heterocycles. The van der Waals surface area contributed by atoms with Crippen LogP contribution in [0.25, 0.3) is 10.9 Å². The first-order valence-electron chi connectivity index (χ1n) is 10.2. The molecule has 9 nitrogen and oxygen atoms in total. The number of nitrogens with one attached hydrogen (secondary N) is 1. The number of aromatic nitrogens is 2. The molecule has 1 aliphatic heterocycles. The van der Waals surface area contributed by atoms with Crippen molar-refractivity contribution < 1.29 is 32.7 Å². The first-order chi connectivity index (χ1) is 16.4. The van der Waals surface area contributed by atoms with Crippen molar-refractivity contribution in [2.75, 3.05) is 33.1 Å². The third-order valence-electron chi connectivity index (χ3n) is 4.89. The molecule has 0 fully saturated rings. The molecule has 1 aliphatic rings. The van der Waals surface area contributed by atoms with Gasteiger partial charge in [0.2, 0.25) is 5.82 Å². The Morgan fingerprint density at radius 1 is 1.35 bits per heavy atom. The van der Waals surface area contributed by atoms with E-state index in [1.165, 1.54) is 37.4 Å². The number of hydrogen-bond acceptors (Lipinski definition) is 8. The van der Waals surface area contributed by atoms with Crippen molar-refractivity contribution in [2.45, 2.75) is 16.7 Å². The molecule has 4 rings (SSSR count). The smallest absolute Gasteiger partial charge is 0.304 e. The van der Waals surface area contributed by atoms with Crippen LogP contribution in [0.1, 0.15) is 12.1 Å². The molecule has 1 aromatic carbocycles. The van der Waals surface area contributed by atoms with E-state index in [1.807, 2.05) is 0 Å². The van der Waals surface area contributed by atoms with E-state index in [0.717, 1.165) is 0 Å². The summed E-state index contributed by atoms with van der Waals surface area (Å²) in [7, 11) is 0.276. The number of H-pyrrole nitrogens is 1. The lowest BCUT2D eigenvalue weighted by Gasteiger charge is -2.12. The fourth-order valence-corrected chi connectivity index (χ4v) is 4.88. The van der Waals surface area contributed by atoms with E-state index < -0.39 is 22.6 Å². The Morgan fingerprint density at radius 3 is 2.85 bits per heavy atom. The van der Waals surface area contributed by atoms with Crippen LogP contribution in [0.15, 0.2) is 40.5 Å². The number of carboxylic acids is 1. The predicted octanol–water partition coefficient (Wildman–Crippen LogP) is 3.59. The SMILES string of the molecule is COCCOc1c(F)c(Oc2ccc(S(C)=O)nc2)cc2cc(C3=NCC(CC(=O)O)S3)[nH]c12. The summed E-state index contributed by atoms with van der Waals surface area (Å²) in [5, 5.41) is 10.6. The van der Waals surface area contributed by atoms with Gasteiger partial charge in [0.25, 0.3) is 0 Å². The molecule has 2 N–H and O–H groups in total. The fraction of sp³-hybridized carbons (Fsp3) is 0.318. The summed E-state index contributed by atoms with van der Waals surface area (Å²) in [6.07, 6.45) is 2.90. The molecule has 180 valence electrons. The van der Waals surface area contributed by atoms with Gasteiger partial charge in [-0.05, 0) is 24.3 Å². The van der Waals surface area contributed by atoms with Crippen molar-refractivity contribution in [3.63, 3.8) is 0 Å². The number of ether oxygens (including phenoxy) is 3. The number of nitrogens with zero attached hydrogens (tertiary/aromatic N) is 2. The van der Waals surface area contributed by atoms with Crippen LogP contribution in [-0.2, 0) is 20.3 Å². The topological polar surface area (TPSA) is 123 Å². The normalized spacial score (nSPS) is 16.4. The lowest BCUT2D eigenvalue weighted by Crippen LogP contribution is -2.10. The summed E-state index contributed by atoms with van der Waals surface area (Å²) in [5.41, 5.74) is 1.06. The number of aliphatic carboxylic acids is 1. The van der Waals surface area contributed by atoms with Crippen LogP contribution >= 0.6 is 11.8 Å². The third-order valence-corrected chi connectivity index (χ3v) is 6.94. The first-order valence-corrected chi connectivity index (χ1v) is 12.7. The molecular formula is C22H22FN3O6S2.